The Labute approximate surface area is 120 Å². The Hall–Kier alpha value is -0.450. The highest BCUT2D eigenvalue weighted by Crippen LogP contribution is 2.34. The van der Waals surface area contributed by atoms with E-state index in [1.54, 1.807) is 11.3 Å². The van der Waals surface area contributed by atoms with E-state index < -0.39 is 0 Å². The molecule has 1 N–H and O–H groups in total. The lowest BCUT2D eigenvalue weighted by atomic mass is 9.91. The predicted molar refractivity (Wildman–Crippen MR) is 80.8 cm³/mol. The van der Waals surface area contributed by atoms with Gasteiger partial charge in [-0.05, 0) is 25.3 Å². The van der Waals surface area contributed by atoms with Crippen LogP contribution in [0.15, 0.2) is 5.38 Å². The zero-order valence-corrected chi connectivity index (χ0v) is 13.3. The average Bonchev–Trinajstić information content (AvgIpc) is 2.86. The average molecular weight is 282 g/mol. The molecule has 1 saturated heterocycles. The zero-order valence-electron chi connectivity index (χ0n) is 12.5. The highest BCUT2D eigenvalue weighted by atomic mass is 32.1. The van der Waals surface area contributed by atoms with Crippen LogP contribution in [-0.2, 0) is 10.2 Å². The smallest absolute Gasteiger partial charge is 0.110 e. The van der Waals surface area contributed by atoms with E-state index in [0.717, 1.165) is 32.6 Å². The fourth-order valence-electron chi connectivity index (χ4n) is 2.50. The second-order valence-corrected chi connectivity index (χ2v) is 7.20. The lowest BCUT2D eigenvalue weighted by Gasteiger charge is -2.29. The third kappa shape index (κ3) is 3.77. The summed E-state index contributed by atoms with van der Waals surface area (Å²) in [6.45, 7) is 11.6. The molecular formula is C15H26N2OS. The van der Waals surface area contributed by atoms with Crippen LogP contribution in [0.5, 0.6) is 0 Å². The first-order chi connectivity index (χ1) is 9.02. The SMILES string of the molecule is CCNC(c1nc(C(C)(C)C)cs1)C1CCOCC1. The summed E-state index contributed by atoms with van der Waals surface area (Å²) in [6.07, 6.45) is 2.28. The third-order valence-electron chi connectivity index (χ3n) is 3.72. The van der Waals surface area contributed by atoms with E-state index >= 15 is 0 Å². The van der Waals surface area contributed by atoms with E-state index in [9.17, 15) is 0 Å². The van der Waals surface area contributed by atoms with Crippen LogP contribution in [0.3, 0.4) is 0 Å². The number of rotatable bonds is 4. The Balaban J connectivity index is 2.16. The van der Waals surface area contributed by atoms with Crippen molar-refractivity contribution in [2.45, 2.75) is 52.0 Å². The number of hydrogen-bond acceptors (Lipinski definition) is 4. The molecule has 0 aromatic carbocycles. The molecule has 2 rings (SSSR count). The fourth-order valence-corrected chi connectivity index (χ4v) is 3.71. The molecule has 1 aliphatic heterocycles. The molecule has 0 bridgehead atoms. The van der Waals surface area contributed by atoms with Crippen molar-refractivity contribution in [3.05, 3.63) is 16.1 Å². The van der Waals surface area contributed by atoms with Gasteiger partial charge in [-0.1, -0.05) is 27.7 Å². The van der Waals surface area contributed by atoms with Gasteiger partial charge in [-0.3, -0.25) is 0 Å². The molecule has 0 spiro atoms. The van der Waals surface area contributed by atoms with Crippen molar-refractivity contribution in [1.82, 2.24) is 10.3 Å². The summed E-state index contributed by atoms with van der Waals surface area (Å²) in [4.78, 5) is 4.89. The van der Waals surface area contributed by atoms with Crippen molar-refractivity contribution in [3.8, 4) is 0 Å². The summed E-state index contributed by atoms with van der Waals surface area (Å²) in [5, 5.41) is 7.10. The summed E-state index contributed by atoms with van der Waals surface area (Å²) in [5.74, 6) is 0.660. The summed E-state index contributed by atoms with van der Waals surface area (Å²) in [5.41, 5.74) is 1.35. The van der Waals surface area contributed by atoms with Gasteiger partial charge in [0.25, 0.3) is 0 Å². The van der Waals surface area contributed by atoms with Gasteiger partial charge >= 0.3 is 0 Å². The summed E-state index contributed by atoms with van der Waals surface area (Å²) in [7, 11) is 0. The Morgan fingerprint density at radius 1 is 1.42 bits per heavy atom. The first-order valence-corrected chi connectivity index (χ1v) is 8.17. The number of nitrogens with zero attached hydrogens (tertiary/aromatic N) is 1. The summed E-state index contributed by atoms with van der Waals surface area (Å²) >= 11 is 1.80. The molecule has 1 unspecified atom stereocenters. The molecule has 3 nitrogen and oxygen atoms in total. The topological polar surface area (TPSA) is 34.2 Å². The minimum absolute atomic E-state index is 0.140. The van der Waals surface area contributed by atoms with Crippen LogP contribution in [0.2, 0.25) is 0 Å². The quantitative estimate of drug-likeness (QED) is 0.917. The van der Waals surface area contributed by atoms with Crippen LogP contribution in [0.25, 0.3) is 0 Å². The van der Waals surface area contributed by atoms with Gasteiger partial charge < -0.3 is 10.1 Å². The first-order valence-electron chi connectivity index (χ1n) is 7.29. The molecule has 1 fully saturated rings. The number of hydrogen-bond donors (Lipinski definition) is 1. The van der Waals surface area contributed by atoms with Gasteiger partial charge in [-0.2, -0.15) is 0 Å². The number of thiazole rings is 1. The lowest BCUT2D eigenvalue weighted by Crippen LogP contribution is -2.32. The van der Waals surface area contributed by atoms with Crippen molar-refractivity contribution >= 4 is 11.3 Å². The number of aromatic nitrogens is 1. The largest absolute Gasteiger partial charge is 0.381 e. The van der Waals surface area contributed by atoms with Crippen molar-refractivity contribution in [1.29, 1.82) is 0 Å². The molecule has 19 heavy (non-hydrogen) atoms. The molecule has 108 valence electrons. The van der Waals surface area contributed by atoms with Gasteiger partial charge in [0, 0.05) is 24.0 Å². The van der Waals surface area contributed by atoms with Gasteiger partial charge in [0.05, 0.1) is 11.7 Å². The number of ether oxygens (including phenoxy) is 1. The normalized spacial score (nSPS) is 19.6. The van der Waals surface area contributed by atoms with Crippen LogP contribution in [-0.4, -0.2) is 24.7 Å². The van der Waals surface area contributed by atoms with Gasteiger partial charge in [0.2, 0.25) is 0 Å². The van der Waals surface area contributed by atoms with Crippen LogP contribution in [0.1, 0.15) is 57.3 Å². The maximum absolute atomic E-state index is 5.48. The van der Waals surface area contributed by atoms with E-state index in [-0.39, 0.29) is 5.41 Å². The molecule has 1 aromatic heterocycles. The minimum atomic E-state index is 0.140. The van der Waals surface area contributed by atoms with E-state index in [2.05, 4.69) is 38.4 Å². The molecular weight excluding hydrogens is 256 g/mol. The zero-order chi connectivity index (χ0) is 13.9. The van der Waals surface area contributed by atoms with E-state index in [0.29, 0.717) is 12.0 Å². The molecule has 4 heteroatoms. The summed E-state index contributed by atoms with van der Waals surface area (Å²) in [6, 6.07) is 0.398. The molecule has 0 radical (unpaired) electrons. The van der Waals surface area contributed by atoms with Crippen LogP contribution in [0.4, 0.5) is 0 Å². The highest BCUT2D eigenvalue weighted by Gasteiger charge is 2.28. The van der Waals surface area contributed by atoms with Gasteiger partial charge in [-0.25, -0.2) is 4.98 Å². The van der Waals surface area contributed by atoms with E-state index in [1.165, 1.54) is 10.7 Å². The Bertz CT molecular complexity index is 391. The molecule has 2 heterocycles. The van der Waals surface area contributed by atoms with E-state index in [4.69, 9.17) is 9.72 Å². The monoisotopic (exact) mass is 282 g/mol. The Morgan fingerprint density at radius 2 is 2.11 bits per heavy atom. The fraction of sp³-hybridized carbons (Fsp3) is 0.800. The Kier molecular flexibility index (Phi) is 4.98. The maximum atomic E-state index is 5.48. The Morgan fingerprint density at radius 3 is 2.63 bits per heavy atom. The molecule has 0 saturated carbocycles. The first kappa shape index (κ1) is 14.9. The van der Waals surface area contributed by atoms with Crippen molar-refractivity contribution in [2.24, 2.45) is 5.92 Å². The van der Waals surface area contributed by atoms with Crippen LogP contribution >= 0.6 is 11.3 Å². The highest BCUT2D eigenvalue weighted by molar-refractivity contribution is 7.09. The molecule has 0 amide bonds. The van der Waals surface area contributed by atoms with Gasteiger partial charge in [0.1, 0.15) is 5.01 Å². The summed E-state index contributed by atoms with van der Waals surface area (Å²) < 4.78 is 5.48. The third-order valence-corrected chi connectivity index (χ3v) is 4.65. The second-order valence-electron chi connectivity index (χ2n) is 6.31. The molecule has 1 atom stereocenters. The number of nitrogens with one attached hydrogen (secondary N) is 1. The second kappa shape index (κ2) is 6.33. The van der Waals surface area contributed by atoms with E-state index in [1.807, 2.05) is 0 Å². The maximum Gasteiger partial charge on any atom is 0.110 e. The molecule has 1 aliphatic rings. The van der Waals surface area contributed by atoms with Crippen molar-refractivity contribution in [3.63, 3.8) is 0 Å². The van der Waals surface area contributed by atoms with Gasteiger partial charge in [0.15, 0.2) is 0 Å². The van der Waals surface area contributed by atoms with Crippen molar-refractivity contribution in [2.75, 3.05) is 19.8 Å². The minimum Gasteiger partial charge on any atom is -0.381 e. The molecule has 1 aromatic rings. The molecule has 0 aliphatic carbocycles. The van der Waals surface area contributed by atoms with Crippen LogP contribution < -0.4 is 5.32 Å². The van der Waals surface area contributed by atoms with Crippen molar-refractivity contribution < 1.29 is 4.74 Å². The standard InChI is InChI=1S/C15H26N2OS/c1-5-16-13(11-6-8-18-9-7-11)14-17-12(10-19-14)15(2,3)4/h10-11,13,16H,5-9H2,1-4H3. The van der Waals surface area contributed by atoms with Crippen LogP contribution in [0, 0.1) is 5.92 Å². The van der Waals surface area contributed by atoms with Gasteiger partial charge in [-0.15, -0.1) is 11.3 Å². The predicted octanol–water partition coefficient (Wildman–Crippen LogP) is 3.52. The lowest BCUT2D eigenvalue weighted by molar-refractivity contribution is 0.0537.